The summed E-state index contributed by atoms with van der Waals surface area (Å²) in [5.41, 5.74) is -1.41. The summed E-state index contributed by atoms with van der Waals surface area (Å²) >= 11 is 11.6. The third-order valence-corrected chi connectivity index (χ3v) is 3.86. The van der Waals surface area contributed by atoms with Gasteiger partial charge in [0.15, 0.2) is 6.10 Å². The van der Waals surface area contributed by atoms with Crippen LogP contribution < -0.4 is 10.1 Å². The molecular formula is C17H14Cl2F3NO2. The molecule has 3 nitrogen and oxygen atoms in total. The van der Waals surface area contributed by atoms with E-state index in [0.717, 1.165) is 12.1 Å². The maximum Gasteiger partial charge on any atom is 0.418 e. The van der Waals surface area contributed by atoms with Gasteiger partial charge in [-0.05, 0) is 36.8 Å². The van der Waals surface area contributed by atoms with Gasteiger partial charge in [0.05, 0.1) is 16.3 Å². The van der Waals surface area contributed by atoms with Crippen molar-refractivity contribution >= 4 is 34.8 Å². The van der Waals surface area contributed by atoms with Crippen LogP contribution >= 0.6 is 23.2 Å². The van der Waals surface area contributed by atoms with Crippen molar-refractivity contribution in [3.05, 3.63) is 58.1 Å². The van der Waals surface area contributed by atoms with Gasteiger partial charge in [0.1, 0.15) is 5.75 Å². The van der Waals surface area contributed by atoms with Crippen molar-refractivity contribution in [3.8, 4) is 5.75 Å². The van der Waals surface area contributed by atoms with Crippen LogP contribution in [0.25, 0.3) is 0 Å². The van der Waals surface area contributed by atoms with Gasteiger partial charge in [0.25, 0.3) is 5.91 Å². The second-order valence-electron chi connectivity index (χ2n) is 5.12. The molecule has 0 unspecified atom stereocenters. The van der Waals surface area contributed by atoms with Crippen LogP contribution in [0.5, 0.6) is 5.75 Å². The largest absolute Gasteiger partial charge is 0.479 e. The Kier molecular flexibility index (Phi) is 6.19. The number of benzene rings is 2. The van der Waals surface area contributed by atoms with Crippen LogP contribution in [-0.2, 0) is 11.0 Å². The third kappa shape index (κ3) is 5.03. The summed E-state index contributed by atoms with van der Waals surface area (Å²) in [4.78, 5) is 12.3. The molecule has 0 aliphatic carbocycles. The van der Waals surface area contributed by atoms with E-state index in [0.29, 0.717) is 5.02 Å². The molecule has 0 fully saturated rings. The fraction of sp³-hybridized carbons (Fsp3) is 0.235. The molecule has 8 heteroatoms. The molecule has 2 rings (SSSR count). The van der Waals surface area contributed by atoms with E-state index in [4.69, 9.17) is 27.9 Å². The minimum Gasteiger partial charge on any atom is -0.479 e. The van der Waals surface area contributed by atoms with Gasteiger partial charge in [-0.25, -0.2) is 0 Å². The zero-order chi connectivity index (χ0) is 18.6. The molecule has 2 aromatic rings. The van der Waals surface area contributed by atoms with E-state index in [9.17, 15) is 18.0 Å². The first kappa shape index (κ1) is 19.4. The first-order valence-electron chi connectivity index (χ1n) is 7.31. The molecule has 0 saturated carbocycles. The van der Waals surface area contributed by atoms with Crippen molar-refractivity contribution in [2.45, 2.75) is 25.6 Å². The minimum absolute atomic E-state index is 0.0790. The molecule has 25 heavy (non-hydrogen) atoms. The van der Waals surface area contributed by atoms with Crippen molar-refractivity contribution in [2.75, 3.05) is 5.32 Å². The fourth-order valence-electron chi connectivity index (χ4n) is 2.09. The Morgan fingerprint density at radius 2 is 1.88 bits per heavy atom. The Morgan fingerprint density at radius 3 is 2.48 bits per heavy atom. The monoisotopic (exact) mass is 391 g/mol. The summed E-state index contributed by atoms with van der Waals surface area (Å²) in [5.74, 6) is -0.437. The third-order valence-electron chi connectivity index (χ3n) is 3.31. The Balaban J connectivity index is 2.22. The minimum atomic E-state index is -4.65. The molecule has 1 N–H and O–H groups in total. The van der Waals surface area contributed by atoms with Crippen molar-refractivity contribution < 1.29 is 22.7 Å². The Morgan fingerprint density at radius 1 is 1.20 bits per heavy atom. The highest BCUT2D eigenvalue weighted by molar-refractivity contribution is 6.32. The lowest BCUT2D eigenvalue weighted by molar-refractivity contribution is -0.137. The lowest BCUT2D eigenvalue weighted by atomic mass is 10.1. The zero-order valence-corrected chi connectivity index (χ0v) is 14.5. The lowest BCUT2D eigenvalue weighted by Gasteiger charge is -2.20. The van der Waals surface area contributed by atoms with E-state index in [1.165, 1.54) is 6.07 Å². The Hall–Kier alpha value is -1.92. The summed E-state index contributed by atoms with van der Waals surface area (Å²) in [6.45, 7) is 1.67. The van der Waals surface area contributed by atoms with Gasteiger partial charge in [-0.3, -0.25) is 4.79 Å². The summed E-state index contributed by atoms with van der Waals surface area (Å²) in [6.07, 6.45) is -5.41. The maximum absolute atomic E-state index is 13.1. The summed E-state index contributed by atoms with van der Waals surface area (Å²) in [7, 11) is 0. The highest BCUT2D eigenvalue weighted by atomic mass is 35.5. The Bertz CT molecular complexity index is 766. The van der Waals surface area contributed by atoms with Gasteiger partial charge in [0, 0.05) is 5.02 Å². The second-order valence-corrected chi connectivity index (χ2v) is 5.97. The quantitative estimate of drug-likeness (QED) is 0.698. The average Bonchev–Trinajstić information content (AvgIpc) is 2.54. The lowest BCUT2D eigenvalue weighted by Crippen LogP contribution is -2.33. The molecule has 1 amide bonds. The molecule has 0 radical (unpaired) electrons. The smallest absolute Gasteiger partial charge is 0.418 e. The Labute approximate surface area is 152 Å². The number of anilines is 1. The molecular weight excluding hydrogens is 378 g/mol. The van der Waals surface area contributed by atoms with Gasteiger partial charge in [0.2, 0.25) is 0 Å². The van der Waals surface area contributed by atoms with Gasteiger partial charge in [-0.1, -0.05) is 42.3 Å². The van der Waals surface area contributed by atoms with Crippen LogP contribution in [0.1, 0.15) is 18.9 Å². The van der Waals surface area contributed by atoms with E-state index >= 15 is 0 Å². The molecule has 0 aliphatic heterocycles. The number of ether oxygens (including phenoxy) is 1. The van der Waals surface area contributed by atoms with E-state index in [2.05, 4.69) is 5.32 Å². The summed E-state index contributed by atoms with van der Waals surface area (Å²) < 4.78 is 44.8. The van der Waals surface area contributed by atoms with Crippen LogP contribution in [0, 0.1) is 0 Å². The molecule has 0 aromatic heterocycles. The molecule has 2 aromatic carbocycles. The molecule has 0 spiro atoms. The van der Waals surface area contributed by atoms with E-state index in [-0.39, 0.29) is 22.9 Å². The van der Waals surface area contributed by atoms with Crippen LogP contribution in [-0.4, -0.2) is 12.0 Å². The number of para-hydroxylation sites is 1. The van der Waals surface area contributed by atoms with Gasteiger partial charge in [-0.15, -0.1) is 0 Å². The maximum atomic E-state index is 13.1. The van der Waals surface area contributed by atoms with Crippen molar-refractivity contribution in [1.82, 2.24) is 0 Å². The highest BCUT2D eigenvalue weighted by Gasteiger charge is 2.34. The first-order chi connectivity index (χ1) is 11.7. The standard InChI is InChI=1S/C17H14Cl2F3NO2/c1-2-14(25-15-6-4-3-5-12(15)19)16(24)23-13-8-7-10(18)9-11(13)17(20,21)22/h3-9,14H,2H2,1H3,(H,23,24)/t14-/m1/s1. The number of carbonyl (C=O) groups excluding carboxylic acids is 1. The number of halogens is 5. The average molecular weight is 392 g/mol. The number of hydrogen-bond acceptors (Lipinski definition) is 2. The molecule has 1 atom stereocenters. The molecule has 0 aliphatic rings. The topological polar surface area (TPSA) is 38.3 Å². The van der Waals surface area contributed by atoms with Crippen LogP contribution in [0.2, 0.25) is 10.0 Å². The molecule has 0 saturated heterocycles. The van der Waals surface area contributed by atoms with Crippen LogP contribution in [0.15, 0.2) is 42.5 Å². The molecule has 0 bridgehead atoms. The van der Waals surface area contributed by atoms with E-state index in [1.54, 1.807) is 31.2 Å². The molecule has 0 heterocycles. The molecule has 134 valence electrons. The predicted octanol–water partition coefficient (Wildman–Crippen LogP) is 5.81. The van der Waals surface area contributed by atoms with Crippen LogP contribution in [0.3, 0.4) is 0 Å². The normalized spacial score (nSPS) is 12.6. The van der Waals surface area contributed by atoms with Crippen molar-refractivity contribution in [1.29, 1.82) is 0 Å². The number of amides is 1. The van der Waals surface area contributed by atoms with E-state index < -0.39 is 23.8 Å². The highest BCUT2D eigenvalue weighted by Crippen LogP contribution is 2.36. The number of rotatable bonds is 5. The van der Waals surface area contributed by atoms with Gasteiger partial charge < -0.3 is 10.1 Å². The van der Waals surface area contributed by atoms with Crippen molar-refractivity contribution in [2.24, 2.45) is 0 Å². The number of carbonyl (C=O) groups is 1. The van der Waals surface area contributed by atoms with Gasteiger partial charge >= 0.3 is 6.18 Å². The first-order valence-corrected chi connectivity index (χ1v) is 8.06. The SMILES string of the molecule is CC[C@@H](Oc1ccccc1Cl)C(=O)Nc1ccc(Cl)cc1C(F)(F)F. The van der Waals surface area contributed by atoms with Crippen LogP contribution in [0.4, 0.5) is 18.9 Å². The summed E-state index contributed by atoms with van der Waals surface area (Å²) in [6, 6.07) is 9.65. The number of hydrogen-bond donors (Lipinski definition) is 1. The predicted molar refractivity (Wildman–Crippen MR) is 91.2 cm³/mol. The summed E-state index contributed by atoms with van der Waals surface area (Å²) in [5, 5.41) is 2.47. The van der Waals surface area contributed by atoms with Crippen molar-refractivity contribution in [3.63, 3.8) is 0 Å². The zero-order valence-electron chi connectivity index (χ0n) is 13.0. The number of alkyl halides is 3. The fourth-order valence-corrected chi connectivity index (χ4v) is 2.44. The number of nitrogens with one attached hydrogen (secondary N) is 1. The van der Waals surface area contributed by atoms with E-state index in [1.807, 2.05) is 0 Å². The second kappa shape index (κ2) is 7.97. The van der Waals surface area contributed by atoms with Gasteiger partial charge in [-0.2, -0.15) is 13.2 Å².